The molecule has 1 aliphatic rings. The molecule has 0 aromatic carbocycles. The quantitative estimate of drug-likeness (QED) is 0.856. The Morgan fingerprint density at radius 1 is 1.37 bits per heavy atom. The fourth-order valence-corrected chi connectivity index (χ4v) is 3.04. The van der Waals surface area contributed by atoms with Crippen LogP contribution in [0, 0.1) is 6.92 Å². The van der Waals surface area contributed by atoms with Crippen LogP contribution in [-0.4, -0.2) is 21.8 Å². The maximum Gasteiger partial charge on any atom is 0.264 e. The smallest absolute Gasteiger partial charge is 0.264 e. The van der Waals surface area contributed by atoms with E-state index in [2.05, 4.69) is 4.98 Å². The highest BCUT2D eigenvalue weighted by Gasteiger charge is 2.33. The number of aryl methyl sites for hydroxylation is 1. The molecule has 0 bridgehead atoms. The zero-order valence-corrected chi connectivity index (χ0v) is 11.7. The minimum atomic E-state index is 0.173. The number of amides is 1. The summed E-state index contributed by atoms with van der Waals surface area (Å²) in [6, 6.07) is 6.38. The first-order valence-corrected chi connectivity index (χ1v) is 7.37. The molecule has 1 amide bonds. The maximum atomic E-state index is 12.6. The Morgan fingerprint density at radius 3 is 2.68 bits per heavy atom. The zero-order valence-electron chi connectivity index (χ0n) is 10.9. The van der Waals surface area contributed by atoms with Crippen LogP contribution in [0.25, 0.3) is 0 Å². The molecule has 1 fully saturated rings. The third-order valence-corrected chi connectivity index (χ3v) is 4.41. The van der Waals surface area contributed by atoms with Gasteiger partial charge in [-0.15, -0.1) is 11.3 Å². The summed E-state index contributed by atoms with van der Waals surface area (Å²) in [6.07, 6.45) is 5.81. The Bertz CT molecular complexity index is 575. The van der Waals surface area contributed by atoms with E-state index in [4.69, 9.17) is 0 Å². The number of hydrogen-bond donors (Lipinski definition) is 0. The molecule has 4 heteroatoms. The van der Waals surface area contributed by atoms with Crippen LogP contribution in [0.4, 0.5) is 0 Å². The molecule has 3 nitrogen and oxygen atoms in total. The number of rotatable bonds is 4. The SMILES string of the molecule is Cc1ccsc1C(=O)N(Cc1ccncc1)C1CC1. The van der Waals surface area contributed by atoms with Crippen molar-refractivity contribution in [2.24, 2.45) is 0 Å². The normalized spacial score (nSPS) is 14.4. The Morgan fingerprint density at radius 2 is 2.11 bits per heavy atom. The zero-order chi connectivity index (χ0) is 13.2. The van der Waals surface area contributed by atoms with E-state index in [0.717, 1.165) is 28.8 Å². The van der Waals surface area contributed by atoms with Crippen molar-refractivity contribution in [3.8, 4) is 0 Å². The van der Waals surface area contributed by atoms with E-state index < -0.39 is 0 Å². The van der Waals surface area contributed by atoms with E-state index in [0.29, 0.717) is 12.6 Å². The van der Waals surface area contributed by atoms with E-state index in [1.165, 1.54) is 11.3 Å². The molecule has 0 aliphatic heterocycles. The van der Waals surface area contributed by atoms with Crippen molar-refractivity contribution in [1.29, 1.82) is 0 Å². The standard InChI is InChI=1S/C15H16N2OS/c1-11-6-9-19-14(11)15(18)17(13-2-3-13)10-12-4-7-16-8-5-12/h4-9,13H,2-3,10H2,1H3. The van der Waals surface area contributed by atoms with Crippen LogP contribution in [0.1, 0.15) is 33.6 Å². The molecule has 1 saturated carbocycles. The van der Waals surface area contributed by atoms with Crippen LogP contribution in [0.5, 0.6) is 0 Å². The number of pyridine rings is 1. The third-order valence-electron chi connectivity index (χ3n) is 3.41. The lowest BCUT2D eigenvalue weighted by Gasteiger charge is -2.22. The number of hydrogen-bond acceptors (Lipinski definition) is 3. The lowest BCUT2D eigenvalue weighted by molar-refractivity contribution is 0.0734. The number of carbonyl (C=O) groups is 1. The topological polar surface area (TPSA) is 33.2 Å². The van der Waals surface area contributed by atoms with Gasteiger partial charge >= 0.3 is 0 Å². The summed E-state index contributed by atoms with van der Waals surface area (Å²) < 4.78 is 0. The third kappa shape index (κ3) is 2.68. The van der Waals surface area contributed by atoms with Gasteiger partial charge in [-0.2, -0.15) is 0 Å². The average Bonchev–Trinajstić information content (AvgIpc) is 3.18. The molecule has 3 rings (SSSR count). The van der Waals surface area contributed by atoms with Gasteiger partial charge < -0.3 is 4.90 Å². The van der Waals surface area contributed by atoms with Gasteiger partial charge in [0, 0.05) is 25.0 Å². The second-order valence-electron chi connectivity index (χ2n) is 4.95. The van der Waals surface area contributed by atoms with Crippen molar-refractivity contribution in [2.75, 3.05) is 0 Å². The van der Waals surface area contributed by atoms with Crippen molar-refractivity contribution < 1.29 is 4.79 Å². The Labute approximate surface area is 116 Å². The summed E-state index contributed by atoms with van der Waals surface area (Å²) in [7, 11) is 0. The van der Waals surface area contributed by atoms with Crippen molar-refractivity contribution in [3.63, 3.8) is 0 Å². The molecule has 0 atom stereocenters. The number of carbonyl (C=O) groups excluding carboxylic acids is 1. The van der Waals surface area contributed by atoms with Gasteiger partial charge in [0.15, 0.2) is 0 Å². The molecular formula is C15H16N2OS. The van der Waals surface area contributed by atoms with Gasteiger partial charge in [-0.05, 0) is 54.5 Å². The summed E-state index contributed by atoms with van der Waals surface area (Å²) in [5, 5.41) is 1.99. The van der Waals surface area contributed by atoms with Crippen LogP contribution < -0.4 is 0 Å². The number of thiophene rings is 1. The van der Waals surface area contributed by atoms with Crippen molar-refractivity contribution >= 4 is 17.2 Å². The molecule has 0 saturated heterocycles. The summed E-state index contributed by atoms with van der Waals surface area (Å²) in [5.41, 5.74) is 2.22. The second kappa shape index (κ2) is 5.13. The van der Waals surface area contributed by atoms with Gasteiger partial charge in [0.1, 0.15) is 0 Å². The van der Waals surface area contributed by atoms with Gasteiger partial charge in [-0.1, -0.05) is 0 Å². The molecular weight excluding hydrogens is 256 g/mol. The molecule has 98 valence electrons. The molecule has 0 unspecified atom stereocenters. The number of aromatic nitrogens is 1. The molecule has 0 radical (unpaired) electrons. The predicted octanol–water partition coefficient (Wildman–Crippen LogP) is 3.26. The predicted molar refractivity (Wildman–Crippen MR) is 76.2 cm³/mol. The van der Waals surface area contributed by atoms with Crippen molar-refractivity contribution in [1.82, 2.24) is 9.88 Å². The first-order valence-electron chi connectivity index (χ1n) is 6.49. The van der Waals surface area contributed by atoms with Gasteiger partial charge in [-0.25, -0.2) is 0 Å². The second-order valence-corrected chi connectivity index (χ2v) is 5.87. The Balaban J connectivity index is 1.82. The molecule has 2 aromatic heterocycles. The van der Waals surface area contributed by atoms with Gasteiger partial charge in [0.05, 0.1) is 4.88 Å². The lowest BCUT2D eigenvalue weighted by Crippen LogP contribution is -2.32. The number of nitrogens with zero attached hydrogens (tertiary/aromatic N) is 2. The van der Waals surface area contributed by atoms with E-state index in [1.807, 2.05) is 35.4 Å². The fraction of sp³-hybridized carbons (Fsp3) is 0.333. The highest BCUT2D eigenvalue weighted by Crippen LogP contribution is 2.31. The average molecular weight is 272 g/mol. The highest BCUT2D eigenvalue weighted by molar-refractivity contribution is 7.12. The molecule has 2 aromatic rings. The Kier molecular flexibility index (Phi) is 3.34. The van der Waals surface area contributed by atoms with Crippen LogP contribution in [0.15, 0.2) is 36.0 Å². The van der Waals surface area contributed by atoms with E-state index >= 15 is 0 Å². The van der Waals surface area contributed by atoms with E-state index in [9.17, 15) is 4.79 Å². The van der Waals surface area contributed by atoms with Crippen molar-refractivity contribution in [2.45, 2.75) is 32.4 Å². The summed E-state index contributed by atoms with van der Waals surface area (Å²) in [6.45, 7) is 2.69. The van der Waals surface area contributed by atoms with Crippen LogP contribution in [0.3, 0.4) is 0 Å². The summed E-state index contributed by atoms with van der Waals surface area (Å²) in [5.74, 6) is 0.173. The Hall–Kier alpha value is -1.68. The van der Waals surface area contributed by atoms with Crippen LogP contribution in [-0.2, 0) is 6.54 Å². The minimum Gasteiger partial charge on any atom is -0.331 e. The first-order chi connectivity index (χ1) is 9.25. The van der Waals surface area contributed by atoms with E-state index in [-0.39, 0.29) is 5.91 Å². The largest absolute Gasteiger partial charge is 0.331 e. The van der Waals surface area contributed by atoms with Crippen molar-refractivity contribution in [3.05, 3.63) is 52.0 Å². The first kappa shape index (κ1) is 12.4. The van der Waals surface area contributed by atoms with Gasteiger partial charge in [-0.3, -0.25) is 9.78 Å². The summed E-state index contributed by atoms with van der Waals surface area (Å²) >= 11 is 1.54. The maximum absolute atomic E-state index is 12.6. The molecule has 1 aliphatic carbocycles. The van der Waals surface area contributed by atoms with Crippen LogP contribution in [0.2, 0.25) is 0 Å². The molecule has 0 spiro atoms. The highest BCUT2D eigenvalue weighted by atomic mass is 32.1. The molecule has 19 heavy (non-hydrogen) atoms. The summed E-state index contributed by atoms with van der Waals surface area (Å²) in [4.78, 5) is 19.5. The fourth-order valence-electron chi connectivity index (χ4n) is 2.16. The van der Waals surface area contributed by atoms with E-state index in [1.54, 1.807) is 12.4 Å². The minimum absolute atomic E-state index is 0.173. The molecule has 2 heterocycles. The van der Waals surface area contributed by atoms with Gasteiger partial charge in [0.25, 0.3) is 5.91 Å². The molecule has 0 N–H and O–H groups in total. The monoisotopic (exact) mass is 272 g/mol. The van der Waals surface area contributed by atoms with Gasteiger partial charge in [0.2, 0.25) is 0 Å². The lowest BCUT2D eigenvalue weighted by atomic mass is 10.2. The van der Waals surface area contributed by atoms with Crippen LogP contribution >= 0.6 is 11.3 Å².